The average molecular weight is 467 g/mol. The molecule has 8 heteroatoms. The molecule has 0 N–H and O–H groups in total. The molecule has 0 unspecified atom stereocenters. The molecule has 0 spiro atoms. The van der Waals surface area contributed by atoms with Gasteiger partial charge in [-0.25, -0.2) is 0 Å². The lowest BCUT2D eigenvalue weighted by atomic mass is 10.3. The van der Waals surface area contributed by atoms with Crippen LogP contribution < -0.4 is 0 Å². The van der Waals surface area contributed by atoms with Crippen molar-refractivity contribution in [2.24, 2.45) is 0 Å². The largest absolute Gasteiger partial charge is 0.306 e. The van der Waals surface area contributed by atoms with Gasteiger partial charge in [-0.2, -0.15) is 10.5 Å². The molecule has 4 nitrogen and oxygen atoms in total. The molecule has 0 saturated carbocycles. The number of hydrogen-bond donors (Lipinski definition) is 0. The Morgan fingerprint density at radius 1 is 0.700 bits per heavy atom. The molecule has 0 aromatic carbocycles. The van der Waals surface area contributed by atoms with E-state index in [1.54, 1.807) is 45.1 Å². The van der Waals surface area contributed by atoms with Crippen LogP contribution in [-0.2, 0) is 0 Å². The summed E-state index contributed by atoms with van der Waals surface area (Å²) in [6.45, 7) is 4.13. The molecule has 30 heavy (non-hydrogen) atoms. The molecule has 0 fully saturated rings. The molecular weight excluding hydrogens is 449 g/mol. The zero-order chi connectivity index (χ0) is 21.4. The number of nitriles is 2. The van der Waals surface area contributed by atoms with Crippen LogP contribution in [0.2, 0.25) is 0 Å². The molecule has 4 aromatic heterocycles. The van der Waals surface area contributed by atoms with E-state index in [2.05, 4.69) is 38.1 Å². The van der Waals surface area contributed by atoms with E-state index < -0.39 is 0 Å². The SMILES string of the molecule is CSc1c(SSc2c(SC)c(C#N)n3ccc(C)cc23)c2cc(C)ccn2c1C#N. The van der Waals surface area contributed by atoms with Gasteiger partial charge in [0, 0.05) is 12.4 Å². The van der Waals surface area contributed by atoms with Crippen LogP contribution >= 0.6 is 45.1 Å². The maximum atomic E-state index is 9.76. The maximum absolute atomic E-state index is 9.76. The number of aryl methyl sites for hydroxylation is 2. The Morgan fingerprint density at radius 2 is 1.10 bits per heavy atom. The number of nitrogens with zero attached hydrogens (tertiary/aromatic N) is 4. The molecule has 150 valence electrons. The zero-order valence-corrected chi connectivity index (χ0v) is 20.2. The number of thioether (sulfide) groups is 2. The Labute approximate surface area is 192 Å². The molecule has 0 aliphatic carbocycles. The van der Waals surface area contributed by atoms with Gasteiger partial charge in [-0.3, -0.25) is 0 Å². The van der Waals surface area contributed by atoms with E-state index in [1.807, 2.05) is 45.8 Å². The summed E-state index contributed by atoms with van der Waals surface area (Å²) in [5.74, 6) is 0. The number of aromatic nitrogens is 2. The lowest BCUT2D eigenvalue weighted by molar-refractivity contribution is 1.12. The first-order valence-corrected chi connectivity index (χ1v) is 13.7. The van der Waals surface area contributed by atoms with E-state index in [-0.39, 0.29) is 0 Å². The molecule has 0 bridgehead atoms. The molecular formula is C22H18N4S4. The van der Waals surface area contributed by atoms with Crippen molar-refractivity contribution in [2.45, 2.75) is 33.4 Å². The summed E-state index contributed by atoms with van der Waals surface area (Å²) in [5.41, 5.74) is 5.73. The van der Waals surface area contributed by atoms with Crippen molar-refractivity contribution in [3.05, 3.63) is 59.2 Å². The minimum Gasteiger partial charge on any atom is -0.306 e. The van der Waals surface area contributed by atoms with Crippen LogP contribution in [0.3, 0.4) is 0 Å². The number of fused-ring (bicyclic) bond motifs is 2. The predicted octanol–water partition coefficient (Wildman–Crippen LogP) is 6.80. The van der Waals surface area contributed by atoms with Crippen LogP contribution in [0.25, 0.3) is 11.0 Å². The summed E-state index contributed by atoms with van der Waals surface area (Å²) in [4.78, 5) is 4.16. The van der Waals surface area contributed by atoms with E-state index in [9.17, 15) is 10.5 Å². The van der Waals surface area contributed by atoms with Crippen LogP contribution in [0.4, 0.5) is 0 Å². The van der Waals surface area contributed by atoms with Crippen molar-refractivity contribution in [1.82, 2.24) is 8.80 Å². The third-order valence-electron chi connectivity index (χ3n) is 4.84. The summed E-state index contributed by atoms with van der Waals surface area (Å²) in [6, 6.07) is 13.0. The lowest BCUT2D eigenvalue weighted by Gasteiger charge is -2.05. The topological polar surface area (TPSA) is 56.4 Å². The molecule has 0 aliphatic rings. The fourth-order valence-electron chi connectivity index (χ4n) is 3.45. The first kappa shape index (κ1) is 21.1. The van der Waals surface area contributed by atoms with Gasteiger partial charge in [-0.15, -0.1) is 23.5 Å². The van der Waals surface area contributed by atoms with Crippen LogP contribution in [0, 0.1) is 36.5 Å². The predicted molar refractivity (Wildman–Crippen MR) is 129 cm³/mol. The standard InChI is InChI=1S/C22H18N4S4/c1-13-5-7-25-15(9-13)21(19(27-3)17(25)11-23)29-30-22-16-10-14(2)6-8-26(16)18(12-24)20(22)28-4/h5-10H,1-4H3. The molecule has 4 heterocycles. The summed E-state index contributed by atoms with van der Waals surface area (Å²) in [5, 5.41) is 19.5. The summed E-state index contributed by atoms with van der Waals surface area (Å²) in [7, 11) is 3.32. The fraction of sp³-hybridized carbons (Fsp3) is 0.182. The van der Waals surface area contributed by atoms with Gasteiger partial charge in [0.1, 0.15) is 23.5 Å². The van der Waals surface area contributed by atoms with Gasteiger partial charge >= 0.3 is 0 Å². The first-order valence-electron chi connectivity index (χ1n) is 9.06. The van der Waals surface area contributed by atoms with Crippen molar-refractivity contribution in [3.63, 3.8) is 0 Å². The third-order valence-corrected chi connectivity index (χ3v) is 9.20. The van der Waals surface area contributed by atoms with E-state index in [1.165, 1.54) is 0 Å². The monoisotopic (exact) mass is 466 g/mol. The Kier molecular flexibility index (Phi) is 6.04. The zero-order valence-electron chi connectivity index (χ0n) is 16.9. The van der Waals surface area contributed by atoms with E-state index in [4.69, 9.17) is 0 Å². The van der Waals surface area contributed by atoms with Gasteiger partial charge in [-0.1, -0.05) is 0 Å². The smallest absolute Gasteiger partial charge is 0.139 e. The summed E-state index contributed by atoms with van der Waals surface area (Å²) < 4.78 is 3.94. The second-order valence-electron chi connectivity index (χ2n) is 6.73. The minimum absolute atomic E-state index is 0.668. The van der Waals surface area contributed by atoms with Gasteiger partial charge in [0.25, 0.3) is 0 Å². The van der Waals surface area contributed by atoms with Crippen molar-refractivity contribution >= 4 is 56.1 Å². The first-order chi connectivity index (χ1) is 14.5. The lowest BCUT2D eigenvalue weighted by Crippen LogP contribution is -1.88. The molecule has 0 amide bonds. The third kappa shape index (κ3) is 3.38. The number of hydrogen-bond acceptors (Lipinski definition) is 6. The van der Waals surface area contributed by atoms with Crippen LogP contribution in [-0.4, -0.2) is 21.3 Å². The van der Waals surface area contributed by atoms with Gasteiger partial charge in [0.2, 0.25) is 0 Å². The van der Waals surface area contributed by atoms with Crippen molar-refractivity contribution < 1.29 is 0 Å². The minimum atomic E-state index is 0.668. The van der Waals surface area contributed by atoms with Gasteiger partial charge in [-0.05, 0) is 83.3 Å². The fourth-order valence-corrected chi connectivity index (χ4v) is 8.28. The highest BCUT2D eigenvalue weighted by Gasteiger charge is 2.22. The summed E-state index contributed by atoms with van der Waals surface area (Å²) >= 11 is 3.20. The molecule has 0 radical (unpaired) electrons. The molecule has 4 rings (SSSR count). The second-order valence-corrected chi connectivity index (χ2v) is 10.5. The van der Waals surface area contributed by atoms with Crippen LogP contribution in [0.1, 0.15) is 22.5 Å². The van der Waals surface area contributed by atoms with E-state index in [0.29, 0.717) is 11.4 Å². The molecule has 0 atom stereocenters. The highest BCUT2D eigenvalue weighted by molar-refractivity contribution is 8.76. The maximum Gasteiger partial charge on any atom is 0.139 e. The van der Waals surface area contributed by atoms with Gasteiger partial charge in [0.05, 0.1) is 30.6 Å². The van der Waals surface area contributed by atoms with Crippen LogP contribution in [0.15, 0.2) is 56.2 Å². The second kappa shape index (κ2) is 8.56. The Balaban J connectivity index is 1.87. The number of rotatable bonds is 5. The van der Waals surface area contributed by atoms with Crippen LogP contribution in [0.5, 0.6) is 0 Å². The summed E-state index contributed by atoms with van der Waals surface area (Å²) in [6.07, 6.45) is 7.96. The Morgan fingerprint density at radius 3 is 1.43 bits per heavy atom. The number of pyridine rings is 2. The highest BCUT2D eigenvalue weighted by Crippen LogP contribution is 2.50. The van der Waals surface area contributed by atoms with E-state index in [0.717, 1.165) is 41.7 Å². The molecule has 0 saturated heterocycles. The van der Waals surface area contributed by atoms with Crippen molar-refractivity contribution in [2.75, 3.05) is 12.5 Å². The normalized spacial score (nSPS) is 11.1. The van der Waals surface area contributed by atoms with Gasteiger partial charge in [0.15, 0.2) is 0 Å². The average Bonchev–Trinajstić information content (AvgIpc) is 3.21. The Hall–Kier alpha value is -2.10. The Bertz CT molecular complexity index is 1260. The quantitative estimate of drug-likeness (QED) is 0.238. The van der Waals surface area contributed by atoms with Crippen molar-refractivity contribution in [1.29, 1.82) is 10.5 Å². The van der Waals surface area contributed by atoms with Gasteiger partial charge < -0.3 is 8.80 Å². The van der Waals surface area contributed by atoms with Crippen molar-refractivity contribution in [3.8, 4) is 12.1 Å². The molecule has 0 aliphatic heterocycles. The highest BCUT2D eigenvalue weighted by atomic mass is 33.1. The molecule has 4 aromatic rings. The van der Waals surface area contributed by atoms with E-state index >= 15 is 0 Å².